The van der Waals surface area contributed by atoms with Gasteiger partial charge < -0.3 is 18.9 Å². The lowest BCUT2D eigenvalue weighted by Gasteiger charge is -2.26. The second-order valence-electron chi connectivity index (χ2n) is 7.80. The van der Waals surface area contributed by atoms with E-state index in [9.17, 15) is 0 Å². The number of benzene rings is 3. The lowest BCUT2D eigenvalue weighted by atomic mass is 10.1. The van der Waals surface area contributed by atoms with Crippen LogP contribution in [0.1, 0.15) is 16.7 Å². The summed E-state index contributed by atoms with van der Waals surface area (Å²) in [4.78, 5) is 0. The van der Waals surface area contributed by atoms with Gasteiger partial charge in [-0.25, -0.2) is 0 Å². The molecule has 0 spiro atoms. The van der Waals surface area contributed by atoms with Crippen molar-refractivity contribution in [1.82, 2.24) is 0 Å². The quantitative estimate of drug-likeness (QED) is 0.388. The van der Waals surface area contributed by atoms with Crippen molar-refractivity contribution in [2.24, 2.45) is 0 Å². The standard InChI is InChI=1S/C27H30O4S/c1-28-27-26(31-19-23-15-9-4-10-16-23)25(30-18-22-13-7-3-8-14-22)24(32-27)20-29-17-21-11-5-2-6-12-21/h2-16,24-27H,17-20H2,1H3/t24-,25+,26-,27?/m1/s1. The van der Waals surface area contributed by atoms with Gasteiger partial charge in [-0.2, -0.15) is 0 Å². The van der Waals surface area contributed by atoms with Crippen LogP contribution < -0.4 is 0 Å². The topological polar surface area (TPSA) is 36.9 Å². The molecular formula is C27H30O4S. The van der Waals surface area contributed by atoms with Gasteiger partial charge in [0.25, 0.3) is 0 Å². The zero-order valence-electron chi connectivity index (χ0n) is 18.3. The normalized spacial score (nSPS) is 22.8. The van der Waals surface area contributed by atoms with Crippen molar-refractivity contribution < 1.29 is 18.9 Å². The van der Waals surface area contributed by atoms with Crippen molar-refractivity contribution in [2.45, 2.75) is 42.7 Å². The molecule has 3 aromatic rings. The second-order valence-corrected chi connectivity index (χ2v) is 9.14. The molecule has 0 aromatic heterocycles. The summed E-state index contributed by atoms with van der Waals surface area (Å²) in [6, 6.07) is 30.7. The van der Waals surface area contributed by atoms with E-state index in [2.05, 4.69) is 36.4 Å². The molecule has 1 aliphatic heterocycles. The van der Waals surface area contributed by atoms with E-state index in [4.69, 9.17) is 18.9 Å². The molecule has 4 rings (SSSR count). The van der Waals surface area contributed by atoms with Crippen LogP contribution in [0.4, 0.5) is 0 Å². The fraction of sp³-hybridized carbons (Fsp3) is 0.333. The molecule has 0 bridgehead atoms. The molecule has 3 aromatic carbocycles. The highest BCUT2D eigenvalue weighted by Gasteiger charge is 2.46. The van der Waals surface area contributed by atoms with Crippen LogP contribution in [0.3, 0.4) is 0 Å². The fourth-order valence-corrected chi connectivity index (χ4v) is 5.20. The summed E-state index contributed by atoms with van der Waals surface area (Å²) in [5.41, 5.74) is 3.34. The summed E-state index contributed by atoms with van der Waals surface area (Å²) in [7, 11) is 1.73. The number of hydrogen-bond acceptors (Lipinski definition) is 5. The van der Waals surface area contributed by atoms with Crippen LogP contribution in [0.15, 0.2) is 91.0 Å². The highest BCUT2D eigenvalue weighted by Crippen LogP contribution is 2.39. The van der Waals surface area contributed by atoms with Crippen molar-refractivity contribution in [3.8, 4) is 0 Å². The van der Waals surface area contributed by atoms with Crippen LogP contribution in [0.5, 0.6) is 0 Å². The van der Waals surface area contributed by atoms with Gasteiger partial charge in [0.05, 0.1) is 31.7 Å². The number of ether oxygens (including phenoxy) is 4. The predicted molar refractivity (Wildman–Crippen MR) is 128 cm³/mol. The predicted octanol–water partition coefficient (Wildman–Crippen LogP) is 5.46. The van der Waals surface area contributed by atoms with E-state index in [1.54, 1.807) is 18.9 Å². The van der Waals surface area contributed by atoms with Crippen LogP contribution in [-0.2, 0) is 38.8 Å². The minimum Gasteiger partial charge on any atom is -0.376 e. The molecule has 0 aliphatic carbocycles. The Morgan fingerprint density at radius 2 is 1.09 bits per heavy atom. The van der Waals surface area contributed by atoms with Gasteiger partial charge in [0.2, 0.25) is 0 Å². The van der Waals surface area contributed by atoms with E-state index in [-0.39, 0.29) is 22.9 Å². The first-order valence-corrected chi connectivity index (χ1v) is 11.9. The van der Waals surface area contributed by atoms with Gasteiger partial charge in [0.15, 0.2) is 0 Å². The van der Waals surface area contributed by atoms with Crippen LogP contribution in [0, 0.1) is 0 Å². The smallest absolute Gasteiger partial charge is 0.132 e. The molecule has 1 aliphatic rings. The molecule has 1 unspecified atom stereocenters. The molecule has 0 radical (unpaired) electrons. The second kappa shape index (κ2) is 12.2. The lowest BCUT2D eigenvalue weighted by molar-refractivity contribution is -0.113. The molecular weight excluding hydrogens is 420 g/mol. The van der Waals surface area contributed by atoms with Gasteiger partial charge in [0.1, 0.15) is 17.6 Å². The molecule has 0 N–H and O–H groups in total. The Morgan fingerprint density at radius 3 is 1.59 bits per heavy atom. The summed E-state index contributed by atoms with van der Waals surface area (Å²) in [6.45, 7) is 2.21. The molecule has 0 amide bonds. The average Bonchev–Trinajstić information content (AvgIpc) is 3.19. The Hall–Kier alpha value is -2.15. The maximum Gasteiger partial charge on any atom is 0.132 e. The summed E-state index contributed by atoms with van der Waals surface area (Å²) in [6.07, 6.45) is -0.316. The first-order valence-electron chi connectivity index (χ1n) is 10.9. The Labute approximate surface area is 194 Å². The molecule has 5 heteroatoms. The van der Waals surface area contributed by atoms with E-state index < -0.39 is 0 Å². The third-order valence-electron chi connectivity index (χ3n) is 5.46. The lowest BCUT2D eigenvalue weighted by Crippen LogP contribution is -2.39. The van der Waals surface area contributed by atoms with Crippen molar-refractivity contribution >= 4 is 11.8 Å². The van der Waals surface area contributed by atoms with Gasteiger partial charge >= 0.3 is 0 Å². The number of rotatable bonds is 11. The van der Waals surface area contributed by atoms with Crippen molar-refractivity contribution in [3.63, 3.8) is 0 Å². The number of methoxy groups -OCH3 is 1. The van der Waals surface area contributed by atoms with Crippen LogP contribution in [-0.4, -0.2) is 36.6 Å². The van der Waals surface area contributed by atoms with Crippen LogP contribution >= 0.6 is 11.8 Å². The van der Waals surface area contributed by atoms with E-state index in [1.165, 1.54) is 0 Å². The molecule has 4 nitrogen and oxygen atoms in total. The van der Waals surface area contributed by atoms with E-state index >= 15 is 0 Å². The zero-order chi connectivity index (χ0) is 22.0. The monoisotopic (exact) mass is 450 g/mol. The van der Waals surface area contributed by atoms with E-state index in [1.807, 2.05) is 54.6 Å². The van der Waals surface area contributed by atoms with Crippen molar-refractivity contribution in [2.75, 3.05) is 13.7 Å². The summed E-state index contributed by atoms with van der Waals surface area (Å²) >= 11 is 1.74. The molecule has 168 valence electrons. The van der Waals surface area contributed by atoms with Crippen molar-refractivity contribution in [1.29, 1.82) is 0 Å². The Morgan fingerprint density at radius 1 is 0.625 bits per heavy atom. The first-order chi connectivity index (χ1) is 15.8. The first kappa shape index (κ1) is 23.0. The third kappa shape index (κ3) is 6.44. The zero-order valence-corrected chi connectivity index (χ0v) is 19.2. The maximum absolute atomic E-state index is 6.43. The number of thioether (sulfide) groups is 1. The van der Waals surface area contributed by atoms with Gasteiger partial charge in [0, 0.05) is 7.11 Å². The van der Waals surface area contributed by atoms with Crippen molar-refractivity contribution in [3.05, 3.63) is 108 Å². The number of hydrogen-bond donors (Lipinski definition) is 0. The Kier molecular flexibility index (Phi) is 8.77. The fourth-order valence-electron chi connectivity index (χ4n) is 3.79. The van der Waals surface area contributed by atoms with Gasteiger partial charge in [-0.3, -0.25) is 0 Å². The van der Waals surface area contributed by atoms with Crippen LogP contribution in [0.2, 0.25) is 0 Å². The SMILES string of the molecule is COC1S[C@H](COCc2ccccc2)[C@H](OCc2ccccc2)[C@H]1OCc1ccccc1. The summed E-state index contributed by atoms with van der Waals surface area (Å²) in [5, 5.41) is 0.119. The largest absolute Gasteiger partial charge is 0.376 e. The minimum atomic E-state index is -0.181. The molecule has 4 atom stereocenters. The highest BCUT2D eigenvalue weighted by atomic mass is 32.2. The minimum absolute atomic E-state index is 0.107. The Bertz CT molecular complexity index is 907. The maximum atomic E-state index is 6.43. The van der Waals surface area contributed by atoms with Gasteiger partial charge in [-0.1, -0.05) is 91.0 Å². The molecule has 1 fully saturated rings. The van der Waals surface area contributed by atoms with E-state index in [0.29, 0.717) is 26.4 Å². The van der Waals surface area contributed by atoms with Gasteiger partial charge in [-0.05, 0) is 16.7 Å². The molecule has 1 saturated heterocycles. The van der Waals surface area contributed by atoms with Crippen LogP contribution in [0.25, 0.3) is 0 Å². The summed E-state index contributed by atoms with van der Waals surface area (Å²) in [5.74, 6) is 0. The third-order valence-corrected chi connectivity index (χ3v) is 6.95. The molecule has 32 heavy (non-hydrogen) atoms. The summed E-state index contributed by atoms with van der Waals surface area (Å²) < 4.78 is 24.7. The average molecular weight is 451 g/mol. The molecule has 0 saturated carbocycles. The van der Waals surface area contributed by atoms with Gasteiger partial charge in [-0.15, -0.1) is 11.8 Å². The highest BCUT2D eigenvalue weighted by molar-refractivity contribution is 8.00. The molecule has 1 heterocycles. The Balaban J connectivity index is 1.42. The van der Waals surface area contributed by atoms with E-state index in [0.717, 1.165) is 16.7 Å².